The van der Waals surface area contributed by atoms with Crippen LogP contribution in [0, 0.1) is 6.92 Å². The van der Waals surface area contributed by atoms with Crippen molar-refractivity contribution in [1.82, 2.24) is 0 Å². The fraction of sp³-hybridized carbons (Fsp3) is 0.704. The number of hydrogen-bond acceptors (Lipinski definition) is 4. The lowest BCUT2D eigenvalue weighted by Crippen LogP contribution is -2.10. The van der Waals surface area contributed by atoms with Crippen molar-refractivity contribution in [2.75, 3.05) is 6.61 Å². The number of esters is 2. The Morgan fingerprint density at radius 1 is 0.710 bits per heavy atom. The highest BCUT2D eigenvalue weighted by Gasteiger charge is 2.08. The second kappa shape index (κ2) is 18.9. The highest BCUT2D eigenvalue weighted by atomic mass is 16.5. The molecule has 1 aromatic rings. The summed E-state index contributed by atoms with van der Waals surface area (Å²) in [4.78, 5) is 23.6. The summed E-state index contributed by atoms with van der Waals surface area (Å²) < 4.78 is 10.5. The first-order valence-corrected chi connectivity index (χ1v) is 12.5. The number of carbonyl (C=O) groups excluding carboxylic acids is 2. The van der Waals surface area contributed by atoms with Gasteiger partial charge in [0.2, 0.25) is 0 Å². The first-order valence-electron chi connectivity index (χ1n) is 12.5. The van der Waals surface area contributed by atoms with Gasteiger partial charge in [0.1, 0.15) is 5.75 Å². The largest absolute Gasteiger partial charge is 0.466 e. The van der Waals surface area contributed by atoms with E-state index in [1.165, 1.54) is 70.6 Å². The summed E-state index contributed by atoms with van der Waals surface area (Å²) in [5.41, 5.74) is 1.04. The Kier molecular flexibility index (Phi) is 16.6. The number of carbonyl (C=O) groups is 2. The first kappa shape index (κ1) is 27.2. The van der Waals surface area contributed by atoms with Crippen LogP contribution in [0.3, 0.4) is 0 Å². The minimum Gasteiger partial charge on any atom is -0.466 e. The summed E-state index contributed by atoms with van der Waals surface area (Å²) in [5.74, 6) is 0.0205. The van der Waals surface area contributed by atoms with Crippen LogP contribution in [0.4, 0.5) is 0 Å². The molecule has 0 unspecified atom stereocenters. The summed E-state index contributed by atoms with van der Waals surface area (Å²) in [5, 5.41) is 0. The van der Waals surface area contributed by atoms with Gasteiger partial charge in [0.05, 0.1) is 6.61 Å². The quantitative estimate of drug-likeness (QED) is 0.128. The predicted molar refractivity (Wildman–Crippen MR) is 127 cm³/mol. The van der Waals surface area contributed by atoms with Crippen LogP contribution in [0.1, 0.15) is 115 Å². The van der Waals surface area contributed by atoms with Crippen LogP contribution < -0.4 is 4.74 Å². The molecule has 0 aliphatic rings. The van der Waals surface area contributed by atoms with Gasteiger partial charge in [-0.1, -0.05) is 96.1 Å². The molecule has 1 aromatic carbocycles. The molecule has 0 heterocycles. The normalized spacial score (nSPS) is 10.8. The molecule has 0 radical (unpaired) electrons. The van der Waals surface area contributed by atoms with Gasteiger partial charge in [-0.2, -0.15) is 0 Å². The van der Waals surface area contributed by atoms with E-state index < -0.39 is 0 Å². The summed E-state index contributed by atoms with van der Waals surface area (Å²) >= 11 is 0. The van der Waals surface area contributed by atoms with Gasteiger partial charge in [-0.05, 0) is 37.5 Å². The lowest BCUT2D eigenvalue weighted by atomic mass is 10.0. The van der Waals surface area contributed by atoms with E-state index in [1.54, 1.807) is 6.07 Å². The van der Waals surface area contributed by atoms with Crippen LogP contribution >= 0.6 is 0 Å². The summed E-state index contributed by atoms with van der Waals surface area (Å²) in [7, 11) is 0. The Balaban J connectivity index is 1.86. The van der Waals surface area contributed by atoms with E-state index in [4.69, 9.17) is 9.47 Å². The van der Waals surface area contributed by atoms with Gasteiger partial charge in [0.15, 0.2) is 0 Å². The van der Waals surface area contributed by atoms with Crippen molar-refractivity contribution in [2.45, 2.75) is 117 Å². The van der Waals surface area contributed by atoms with Crippen LogP contribution in [-0.2, 0) is 14.3 Å². The molecule has 31 heavy (non-hydrogen) atoms. The smallest absolute Gasteiger partial charge is 0.311 e. The van der Waals surface area contributed by atoms with Gasteiger partial charge in [-0.3, -0.25) is 9.59 Å². The molecule has 0 amide bonds. The molecular weight excluding hydrogens is 388 g/mol. The molecule has 0 fully saturated rings. The third-order valence-corrected chi connectivity index (χ3v) is 5.49. The molecule has 0 saturated heterocycles. The Morgan fingerprint density at radius 2 is 1.26 bits per heavy atom. The number of unbranched alkanes of at least 4 members (excludes halogenated alkanes) is 12. The molecule has 176 valence electrons. The zero-order chi connectivity index (χ0) is 22.6. The molecule has 0 N–H and O–H groups in total. The van der Waals surface area contributed by atoms with E-state index in [-0.39, 0.29) is 24.8 Å². The highest BCUT2D eigenvalue weighted by molar-refractivity contribution is 5.74. The van der Waals surface area contributed by atoms with E-state index in [1.807, 2.05) is 25.1 Å². The van der Waals surface area contributed by atoms with E-state index in [0.29, 0.717) is 18.8 Å². The molecule has 4 heteroatoms. The monoisotopic (exact) mass is 432 g/mol. The van der Waals surface area contributed by atoms with Crippen LogP contribution in [-0.4, -0.2) is 18.5 Å². The maximum absolute atomic E-state index is 11.8. The average molecular weight is 433 g/mol. The minimum atomic E-state index is -0.310. The molecule has 0 atom stereocenters. The number of rotatable bonds is 19. The van der Waals surface area contributed by atoms with Gasteiger partial charge < -0.3 is 9.47 Å². The highest BCUT2D eigenvalue weighted by Crippen LogP contribution is 2.14. The van der Waals surface area contributed by atoms with Crippen LogP contribution in [0.2, 0.25) is 0 Å². The second-order valence-electron chi connectivity index (χ2n) is 8.61. The molecule has 1 rings (SSSR count). The van der Waals surface area contributed by atoms with Crippen LogP contribution in [0.15, 0.2) is 24.3 Å². The summed E-state index contributed by atoms with van der Waals surface area (Å²) in [6, 6.07) is 7.38. The van der Waals surface area contributed by atoms with E-state index >= 15 is 0 Å². The number of hydrogen-bond donors (Lipinski definition) is 0. The minimum absolute atomic E-state index is 0.220. The van der Waals surface area contributed by atoms with Crippen molar-refractivity contribution in [3.8, 4) is 5.75 Å². The van der Waals surface area contributed by atoms with E-state index in [2.05, 4.69) is 6.92 Å². The van der Waals surface area contributed by atoms with Crippen molar-refractivity contribution in [2.24, 2.45) is 0 Å². The van der Waals surface area contributed by atoms with Crippen molar-refractivity contribution < 1.29 is 19.1 Å². The van der Waals surface area contributed by atoms with Crippen LogP contribution in [0.5, 0.6) is 5.75 Å². The second-order valence-corrected chi connectivity index (χ2v) is 8.61. The van der Waals surface area contributed by atoms with Gasteiger partial charge in [-0.15, -0.1) is 0 Å². The topological polar surface area (TPSA) is 52.6 Å². The van der Waals surface area contributed by atoms with Crippen LogP contribution in [0.25, 0.3) is 0 Å². The summed E-state index contributed by atoms with van der Waals surface area (Å²) in [6.45, 7) is 4.70. The van der Waals surface area contributed by atoms with Gasteiger partial charge >= 0.3 is 11.9 Å². The van der Waals surface area contributed by atoms with Crippen molar-refractivity contribution in [1.29, 1.82) is 0 Å². The summed E-state index contributed by atoms with van der Waals surface area (Å²) in [6.07, 6.45) is 17.9. The maximum atomic E-state index is 11.8. The van der Waals surface area contributed by atoms with E-state index in [0.717, 1.165) is 18.4 Å². The Morgan fingerprint density at radius 3 is 1.84 bits per heavy atom. The fourth-order valence-corrected chi connectivity index (χ4v) is 3.62. The number of aryl methyl sites for hydroxylation is 1. The van der Waals surface area contributed by atoms with Gasteiger partial charge in [-0.25, -0.2) is 0 Å². The van der Waals surface area contributed by atoms with Gasteiger partial charge in [0, 0.05) is 12.8 Å². The Hall–Kier alpha value is -1.84. The zero-order valence-electron chi connectivity index (χ0n) is 20.0. The Bertz CT molecular complexity index is 597. The average Bonchev–Trinajstić information content (AvgIpc) is 2.74. The molecular formula is C27H44O4. The molecule has 0 bridgehead atoms. The maximum Gasteiger partial charge on any atom is 0.311 e. The SMILES string of the molecule is CCCCCCCCCCCCCCCOC(=O)CCCC(=O)Oc1cccc(C)c1. The third-order valence-electron chi connectivity index (χ3n) is 5.49. The molecule has 0 spiro atoms. The molecule has 4 nitrogen and oxygen atoms in total. The standard InChI is InChI=1S/C27H44O4/c1-3-4-5-6-7-8-9-10-11-12-13-14-15-22-30-26(28)20-17-21-27(29)31-25-19-16-18-24(2)23-25/h16,18-19,23H,3-15,17,20-22H2,1-2H3. The third kappa shape index (κ3) is 16.5. The lowest BCUT2D eigenvalue weighted by molar-refractivity contribution is -0.144. The predicted octanol–water partition coefficient (Wildman–Crippen LogP) is 7.71. The zero-order valence-corrected chi connectivity index (χ0v) is 20.0. The fourth-order valence-electron chi connectivity index (χ4n) is 3.62. The van der Waals surface area contributed by atoms with Crippen molar-refractivity contribution in [3.05, 3.63) is 29.8 Å². The van der Waals surface area contributed by atoms with Gasteiger partial charge in [0.25, 0.3) is 0 Å². The van der Waals surface area contributed by atoms with E-state index in [9.17, 15) is 9.59 Å². The molecule has 0 aliphatic heterocycles. The van der Waals surface area contributed by atoms with Crippen molar-refractivity contribution in [3.63, 3.8) is 0 Å². The molecule has 0 aliphatic carbocycles. The number of ether oxygens (including phenoxy) is 2. The first-order chi connectivity index (χ1) is 15.1. The molecule has 0 aromatic heterocycles. The molecule has 0 saturated carbocycles. The van der Waals surface area contributed by atoms with Crippen molar-refractivity contribution >= 4 is 11.9 Å². The Labute approximate surface area is 190 Å². The lowest BCUT2D eigenvalue weighted by Gasteiger charge is -2.06. The number of benzene rings is 1.